The Kier molecular flexibility index (Phi) is 5.70. The van der Waals surface area contributed by atoms with E-state index in [1.807, 2.05) is 30.3 Å². The Morgan fingerprint density at radius 1 is 1.23 bits per heavy atom. The summed E-state index contributed by atoms with van der Waals surface area (Å²) in [5, 5.41) is 3.11. The molecular formula is C17H15ClN2O2. The molecule has 0 aliphatic rings. The van der Waals surface area contributed by atoms with Crippen molar-refractivity contribution in [3.8, 4) is 11.8 Å². The number of carbonyl (C=O) groups is 1. The highest BCUT2D eigenvalue weighted by molar-refractivity contribution is 6.30. The number of nitrogen functional groups attached to an aromatic ring is 1. The number of ether oxygens (including phenoxy) is 1. The molecule has 3 N–H and O–H groups in total. The second-order valence-electron chi connectivity index (χ2n) is 4.45. The number of carbonyl (C=O) groups excluding carboxylic acids is 1. The molecule has 2 aromatic carbocycles. The van der Waals surface area contributed by atoms with Gasteiger partial charge in [-0.25, -0.2) is 4.79 Å². The predicted octanol–water partition coefficient (Wildman–Crippen LogP) is 3.20. The molecule has 5 heteroatoms. The lowest BCUT2D eigenvalue weighted by atomic mass is 10.2. The lowest BCUT2D eigenvalue weighted by molar-refractivity contribution is 0.141. The summed E-state index contributed by atoms with van der Waals surface area (Å²) >= 11 is 5.87. The van der Waals surface area contributed by atoms with Crippen LogP contribution in [0.2, 0.25) is 5.02 Å². The van der Waals surface area contributed by atoms with Gasteiger partial charge in [-0.15, -0.1) is 0 Å². The largest absolute Gasteiger partial charge is 0.445 e. The van der Waals surface area contributed by atoms with E-state index in [0.717, 1.165) is 5.56 Å². The summed E-state index contributed by atoms with van der Waals surface area (Å²) in [6.07, 6.45) is -0.516. The molecule has 0 aliphatic carbocycles. The first-order chi connectivity index (χ1) is 10.6. The van der Waals surface area contributed by atoms with Crippen LogP contribution < -0.4 is 11.1 Å². The molecule has 0 heterocycles. The molecule has 22 heavy (non-hydrogen) atoms. The van der Waals surface area contributed by atoms with Crippen LogP contribution in [0.5, 0.6) is 0 Å². The molecule has 0 aromatic heterocycles. The topological polar surface area (TPSA) is 64.3 Å². The first-order valence-corrected chi connectivity index (χ1v) is 7.01. The van der Waals surface area contributed by atoms with E-state index in [0.29, 0.717) is 16.3 Å². The first kappa shape index (κ1) is 15.7. The van der Waals surface area contributed by atoms with Crippen LogP contribution in [0.1, 0.15) is 11.1 Å². The van der Waals surface area contributed by atoms with Crippen LogP contribution in [0.25, 0.3) is 0 Å². The number of anilines is 1. The first-order valence-electron chi connectivity index (χ1n) is 6.63. The summed E-state index contributed by atoms with van der Waals surface area (Å²) in [6.45, 7) is 0.390. The molecule has 0 saturated heterocycles. The van der Waals surface area contributed by atoms with Crippen molar-refractivity contribution >= 4 is 23.4 Å². The zero-order valence-corrected chi connectivity index (χ0v) is 12.6. The zero-order valence-electron chi connectivity index (χ0n) is 11.8. The zero-order chi connectivity index (χ0) is 15.8. The summed E-state index contributed by atoms with van der Waals surface area (Å²) in [4.78, 5) is 11.5. The summed E-state index contributed by atoms with van der Waals surface area (Å²) in [6, 6.07) is 14.5. The summed E-state index contributed by atoms with van der Waals surface area (Å²) < 4.78 is 5.06. The van der Waals surface area contributed by atoms with Gasteiger partial charge in [0, 0.05) is 16.3 Å². The van der Waals surface area contributed by atoms with Crippen LogP contribution in [0, 0.1) is 11.8 Å². The van der Waals surface area contributed by atoms with E-state index in [1.165, 1.54) is 0 Å². The molecular weight excluding hydrogens is 300 g/mol. The molecule has 0 radical (unpaired) electrons. The Labute approximate surface area is 134 Å². The third-order valence-corrected chi connectivity index (χ3v) is 3.01. The molecule has 0 spiro atoms. The van der Waals surface area contributed by atoms with Crippen molar-refractivity contribution in [2.24, 2.45) is 0 Å². The second kappa shape index (κ2) is 7.96. The molecule has 0 saturated carbocycles. The van der Waals surface area contributed by atoms with Crippen molar-refractivity contribution in [2.75, 3.05) is 12.3 Å². The van der Waals surface area contributed by atoms with Crippen molar-refractivity contribution < 1.29 is 9.53 Å². The van der Waals surface area contributed by atoms with Gasteiger partial charge in [0.25, 0.3) is 0 Å². The van der Waals surface area contributed by atoms with Crippen LogP contribution in [0.4, 0.5) is 10.5 Å². The van der Waals surface area contributed by atoms with Gasteiger partial charge in [0.2, 0.25) is 0 Å². The maximum atomic E-state index is 11.5. The van der Waals surface area contributed by atoms with E-state index in [4.69, 9.17) is 22.1 Å². The number of nitrogens with one attached hydrogen (secondary N) is 1. The summed E-state index contributed by atoms with van der Waals surface area (Å²) in [5.74, 6) is 5.65. The third-order valence-electron chi connectivity index (χ3n) is 2.77. The van der Waals surface area contributed by atoms with Gasteiger partial charge in [0.15, 0.2) is 0 Å². The van der Waals surface area contributed by atoms with E-state index < -0.39 is 6.09 Å². The number of hydrogen-bond acceptors (Lipinski definition) is 3. The standard InChI is InChI=1S/C17H15ClN2O2/c18-15-8-9-16(19)14(11-15)7-4-10-20-17(21)22-12-13-5-2-1-3-6-13/h1-3,5-6,8-9,11H,10,12,19H2,(H,20,21). The summed E-state index contributed by atoms with van der Waals surface area (Å²) in [5.41, 5.74) is 7.87. The number of alkyl carbamates (subject to hydrolysis) is 1. The smallest absolute Gasteiger partial charge is 0.408 e. The molecule has 112 valence electrons. The molecule has 0 aliphatic heterocycles. The minimum atomic E-state index is -0.516. The quantitative estimate of drug-likeness (QED) is 0.675. The van der Waals surface area contributed by atoms with E-state index in [1.54, 1.807) is 18.2 Å². The Morgan fingerprint density at radius 2 is 2.00 bits per heavy atom. The maximum Gasteiger partial charge on any atom is 0.408 e. The Balaban J connectivity index is 1.78. The Hall–Kier alpha value is -2.64. The van der Waals surface area contributed by atoms with E-state index in [9.17, 15) is 4.79 Å². The predicted molar refractivity (Wildman–Crippen MR) is 87.4 cm³/mol. The second-order valence-corrected chi connectivity index (χ2v) is 4.89. The van der Waals surface area contributed by atoms with Gasteiger partial charge >= 0.3 is 6.09 Å². The lowest BCUT2D eigenvalue weighted by Crippen LogP contribution is -2.24. The third kappa shape index (κ3) is 5.04. The number of nitrogens with two attached hydrogens (primary N) is 1. The van der Waals surface area contributed by atoms with Crippen LogP contribution in [0.3, 0.4) is 0 Å². The van der Waals surface area contributed by atoms with Gasteiger partial charge in [-0.05, 0) is 23.8 Å². The average Bonchev–Trinajstić information content (AvgIpc) is 2.53. The average molecular weight is 315 g/mol. The van der Waals surface area contributed by atoms with Crippen molar-refractivity contribution in [1.29, 1.82) is 0 Å². The van der Waals surface area contributed by atoms with Gasteiger partial charge in [-0.3, -0.25) is 0 Å². The number of benzene rings is 2. The maximum absolute atomic E-state index is 11.5. The van der Waals surface area contributed by atoms with Crippen LogP contribution in [-0.4, -0.2) is 12.6 Å². The molecule has 2 rings (SSSR count). The minimum absolute atomic E-state index is 0.166. The van der Waals surface area contributed by atoms with Crippen molar-refractivity contribution in [3.63, 3.8) is 0 Å². The van der Waals surface area contributed by atoms with Crippen molar-refractivity contribution in [1.82, 2.24) is 5.32 Å². The van der Waals surface area contributed by atoms with Crippen LogP contribution in [0.15, 0.2) is 48.5 Å². The molecule has 0 atom stereocenters. The van der Waals surface area contributed by atoms with E-state index in [-0.39, 0.29) is 13.2 Å². The van der Waals surface area contributed by atoms with E-state index >= 15 is 0 Å². The van der Waals surface area contributed by atoms with Gasteiger partial charge in [-0.2, -0.15) is 0 Å². The SMILES string of the molecule is Nc1ccc(Cl)cc1C#CCNC(=O)OCc1ccccc1. The van der Waals surface area contributed by atoms with Gasteiger partial charge in [0.1, 0.15) is 6.61 Å². The molecule has 4 nitrogen and oxygen atoms in total. The monoisotopic (exact) mass is 314 g/mol. The van der Waals surface area contributed by atoms with Crippen LogP contribution in [-0.2, 0) is 11.3 Å². The highest BCUT2D eigenvalue weighted by Gasteiger charge is 2.00. The summed E-state index contributed by atoms with van der Waals surface area (Å²) in [7, 11) is 0. The minimum Gasteiger partial charge on any atom is -0.445 e. The number of hydrogen-bond donors (Lipinski definition) is 2. The highest BCUT2D eigenvalue weighted by atomic mass is 35.5. The van der Waals surface area contributed by atoms with Crippen molar-refractivity contribution in [3.05, 3.63) is 64.7 Å². The fourth-order valence-electron chi connectivity index (χ4n) is 1.67. The fourth-order valence-corrected chi connectivity index (χ4v) is 1.84. The molecule has 2 aromatic rings. The van der Waals surface area contributed by atoms with Gasteiger partial charge in [0.05, 0.1) is 6.54 Å². The van der Waals surface area contributed by atoms with E-state index in [2.05, 4.69) is 17.2 Å². The number of halogens is 1. The normalized spacial score (nSPS) is 9.50. The fraction of sp³-hybridized carbons (Fsp3) is 0.118. The molecule has 0 unspecified atom stereocenters. The lowest BCUT2D eigenvalue weighted by Gasteiger charge is -2.04. The number of rotatable bonds is 3. The molecule has 0 fully saturated rings. The number of amides is 1. The Morgan fingerprint density at radius 3 is 2.77 bits per heavy atom. The molecule has 1 amide bonds. The van der Waals surface area contributed by atoms with Gasteiger partial charge < -0.3 is 15.8 Å². The van der Waals surface area contributed by atoms with Crippen molar-refractivity contribution in [2.45, 2.75) is 6.61 Å². The molecule has 0 bridgehead atoms. The van der Waals surface area contributed by atoms with Gasteiger partial charge in [-0.1, -0.05) is 53.8 Å². The Bertz CT molecular complexity index is 706. The highest BCUT2D eigenvalue weighted by Crippen LogP contribution is 2.16. The van der Waals surface area contributed by atoms with Crippen LogP contribution >= 0.6 is 11.6 Å².